The molecule has 0 atom stereocenters. The van der Waals surface area contributed by atoms with Gasteiger partial charge in [-0.05, 0) is 118 Å². The normalized spacial score (nSPS) is 14.2. The number of para-hydroxylation sites is 2. The van der Waals surface area contributed by atoms with Crippen molar-refractivity contribution < 1.29 is 0 Å². The SMILES string of the molecule is CC(C)c1cccc(C(C)C)c1-c1cnn(-c2ccc3c(c2)B2c4cc(N5C=CN(C)C5)ccc4N(c4ccccc4)c4cccc(c42)N3c2ccccc2)c1. The summed E-state index contributed by atoms with van der Waals surface area (Å²) in [6.45, 7) is 9.94. The molecule has 7 aromatic rings. The van der Waals surface area contributed by atoms with E-state index in [9.17, 15) is 0 Å². The van der Waals surface area contributed by atoms with Crippen LogP contribution < -0.4 is 31.1 Å². The van der Waals surface area contributed by atoms with Gasteiger partial charge in [-0.25, -0.2) is 4.68 Å². The smallest absolute Gasteiger partial charge is 0.252 e. The summed E-state index contributed by atoms with van der Waals surface area (Å²) < 4.78 is 2.08. The van der Waals surface area contributed by atoms with E-state index in [-0.39, 0.29) is 6.71 Å². The predicted molar refractivity (Wildman–Crippen MR) is 235 cm³/mol. The fourth-order valence-corrected chi connectivity index (χ4v) is 9.12. The summed E-state index contributed by atoms with van der Waals surface area (Å²) in [4.78, 5) is 9.45. The number of hydrogen-bond acceptors (Lipinski definition) is 5. The van der Waals surface area contributed by atoms with Gasteiger partial charge in [-0.3, -0.25) is 0 Å². The van der Waals surface area contributed by atoms with Gasteiger partial charge < -0.3 is 19.6 Å². The summed E-state index contributed by atoms with van der Waals surface area (Å²) >= 11 is 0. The molecule has 0 aliphatic carbocycles. The van der Waals surface area contributed by atoms with Crippen LogP contribution in [0.25, 0.3) is 16.8 Å². The van der Waals surface area contributed by atoms with Gasteiger partial charge in [0.15, 0.2) is 0 Å². The highest BCUT2D eigenvalue weighted by atomic mass is 15.3. The maximum Gasteiger partial charge on any atom is 0.252 e. The molecule has 0 unspecified atom stereocenters. The second kappa shape index (κ2) is 13.4. The van der Waals surface area contributed by atoms with Gasteiger partial charge in [0, 0.05) is 71.0 Å². The minimum absolute atomic E-state index is 0.0143. The molecule has 56 heavy (non-hydrogen) atoms. The standard InChI is InChI=1S/C49H45BN6/c1-33(2)40-18-12-19-41(34(3)4)48(40)35-30-51-54(31-35)39-23-25-45-43(29-39)50-42-28-38(53-27-26-52(5)32-53)22-24-44(42)55(36-14-8-6-9-15-36)46-20-13-21-47(49(46)50)56(45)37-16-10-7-11-17-37/h6-31,33-34H,32H2,1-5H3. The molecule has 4 heterocycles. The van der Waals surface area contributed by atoms with Crippen LogP contribution in [0.1, 0.15) is 50.7 Å². The first-order chi connectivity index (χ1) is 27.4. The Morgan fingerprint density at radius 1 is 0.554 bits per heavy atom. The molecule has 0 saturated heterocycles. The lowest BCUT2D eigenvalue weighted by molar-refractivity contribution is 0.496. The summed E-state index contributed by atoms with van der Waals surface area (Å²) in [5.41, 5.74) is 18.3. The van der Waals surface area contributed by atoms with Crippen molar-refractivity contribution in [3.63, 3.8) is 0 Å². The van der Waals surface area contributed by atoms with E-state index in [1.54, 1.807) is 0 Å². The highest BCUT2D eigenvalue weighted by molar-refractivity contribution is 7.00. The molecule has 0 N–H and O–H groups in total. The molecule has 3 aliphatic rings. The zero-order valence-corrected chi connectivity index (χ0v) is 32.6. The number of benzene rings is 6. The Hall–Kier alpha value is -6.47. The van der Waals surface area contributed by atoms with Crippen molar-refractivity contribution in [3.05, 3.63) is 169 Å². The summed E-state index contributed by atoms with van der Waals surface area (Å²) in [5, 5.41) is 5.06. The van der Waals surface area contributed by atoms with Crippen molar-refractivity contribution in [3.8, 4) is 16.8 Å². The molecule has 0 amide bonds. The van der Waals surface area contributed by atoms with Crippen LogP contribution in [0, 0.1) is 0 Å². The van der Waals surface area contributed by atoms with E-state index in [1.165, 1.54) is 61.5 Å². The van der Waals surface area contributed by atoms with Crippen LogP contribution in [0.3, 0.4) is 0 Å². The molecule has 10 rings (SSSR count). The van der Waals surface area contributed by atoms with Crippen molar-refractivity contribution in [1.29, 1.82) is 0 Å². The highest BCUT2D eigenvalue weighted by Gasteiger charge is 2.43. The van der Waals surface area contributed by atoms with Crippen LogP contribution in [0.4, 0.5) is 39.8 Å². The van der Waals surface area contributed by atoms with Crippen LogP contribution in [0.15, 0.2) is 158 Å². The minimum atomic E-state index is -0.0143. The molecule has 0 bridgehead atoms. The van der Waals surface area contributed by atoms with Gasteiger partial charge >= 0.3 is 0 Å². The third-order valence-corrected chi connectivity index (χ3v) is 11.7. The van der Waals surface area contributed by atoms with E-state index in [4.69, 9.17) is 5.10 Å². The fourth-order valence-electron chi connectivity index (χ4n) is 9.12. The van der Waals surface area contributed by atoms with E-state index in [1.807, 2.05) is 0 Å². The van der Waals surface area contributed by atoms with E-state index >= 15 is 0 Å². The zero-order chi connectivity index (χ0) is 38.1. The molecule has 0 fully saturated rings. The van der Waals surface area contributed by atoms with Crippen LogP contribution in [-0.4, -0.2) is 35.1 Å². The van der Waals surface area contributed by atoms with Crippen LogP contribution in [0.2, 0.25) is 0 Å². The van der Waals surface area contributed by atoms with E-state index in [2.05, 4.69) is 217 Å². The van der Waals surface area contributed by atoms with Gasteiger partial charge in [0.2, 0.25) is 0 Å². The van der Waals surface area contributed by atoms with Gasteiger partial charge in [0.05, 0.1) is 18.6 Å². The molecular formula is C49H45BN6. The first-order valence-corrected chi connectivity index (χ1v) is 19.8. The fraction of sp³-hybridized carbons (Fsp3) is 0.163. The molecular weight excluding hydrogens is 683 g/mol. The lowest BCUT2D eigenvalue weighted by Gasteiger charge is -2.44. The topological polar surface area (TPSA) is 30.8 Å². The molecule has 7 heteroatoms. The number of aromatic nitrogens is 2. The Balaban J connectivity index is 1.20. The number of fused-ring (bicyclic) bond motifs is 4. The van der Waals surface area contributed by atoms with E-state index in [0.29, 0.717) is 11.8 Å². The maximum atomic E-state index is 5.06. The van der Waals surface area contributed by atoms with E-state index in [0.717, 1.165) is 29.3 Å². The van der Waals surface area contributed by atoms with Gasteiger partial charge in [0.25, 0.3) is 6.71 Å². The average molecular weight is 729 g/mol. The lowest BCUT2D eigenvalue weighted by atomic mass is 9.33. The van der Waals surface area contributed by atoms with Crippen molar-refractivity contribution in [2.24, 2.45) is 0 Å². The van der Waals surface area contributed by atoms with Gasteiger partial charge in [-0.2, -0.15) is 5.10 Å². The number of hydrogen-bond donors (Lipinski definition) is 0. The van der Waals surface area contributed by atoms with Crippen molar-refractivity contribution in [2.45, 2.75) is 39.5 Å². The first kappa shape index (κ1) is 34.1. The lowest BCUT2D eigenvalue weighted by Crippen LogP contribution is -2.61. The predicted octanol–water partition coefficient (Wildman–Crippen LogP) is 10.0. The molecule has 6 aromatic carbocycles. The highest BCUT2D eigenvalue weighted by Crippen LogP contribution is 2.44. The average Bonchev–Trinajstić information content (AvgIpc) is 3.90. The van der Waals surface area contributed by atoms with Gasteiger partial charge in [-0.1, -0.05) is 88.4 Å². The summed E-state index contributed by atoms with van der Waals surface area (Å²) in [6.07, 6.45) is 8.61. The number of rotatable bonds is 7. The first-order valence-electron chi connectivity index (χ1n) is 19.8. The molecule has 1 aromatic heterocycles. The molecule has 0 radical (unpaired) electrons. The maximum absolute atomic E-state index is 5.06. The monoisotopic (exact) mass is 728 g/mol. The second-order valence-corrected chi connectivity index (χ2v) is 15.9. The zero-order valence-electron chi connectivity index (χ0n) is 32.6. The van der Waals surface area contributed by atoms with E-state index < -0.39 is 0 Å². The van der Waals surface area contributed by atoms with Crippen molar-refractivity contribution >= 4 is 62.9 Å². The van der Waals surface area contributed by atoms with Gasteiger partial charge in [-0.15, -0.1) is 0 Å². The second-order valence-electron chi connectivity index (χ2n) is 15.9. The van der Waals surface area contributed by atoms with Gasteiger partial charge in [0.1, 0.15) is 0 Å². The Bertz CT molecular complexity index is 2590. The molecule has 274 valence electrons. The summed E-state index contributed by atoms with van der Waals surface area (Å²) in [6, 6.07) is 49.1. The molecule has 0 saturated carbocycles. The van der Waals surface area contributed by atoms with Crippen LogP contribution in [-0.2, 0) is 0 Å². The van der Waals surface area contributed by atoms with Crippen molar-refractivity contribution in [1.82, 2.24) is 14.7 Å². The number of anilines is 7. The largest absolute Gasteiger partial charge is 0.361 e. The number of nitrogens with zero attached hydrogens (tertiary/aromatic N) is 6. The van der Waals surface area contributed by atoms with Crippen molar-refractivity contribution in [2.75, 3.05) is 28.4 Å². The summed E-state index contributed by atoms with van der Waals surface area (Å²) in [5.74, 6) is 0.800. The summed E-state index contributed by atoms with van der Waals surface area (Å²) in [7, 11) is 2.12. The molecule has 0 spiro atoms. The Morgan fingerprint density at radius 3 is 1.66 bits per heavy atom. The van der Waals surface area contributed by atoms with Crippen LogP contribution >= 0.6 is 0 Å². The van der Waals surface area contributed by atoms with Crippen LogP contribution in [0.5, 0.6) is 0 Å². The molecule has 6 nitrogen and oxygen atoms in total. The third-order valence-electron chi connectivity index (χ3n) is 11.7. The quantitative estimate of drug-likeness (QED) is 0.153. The Labute approximate surface area is 330 Å². The minimum Gasteiger partial charge on any atom is -0.361 e. The third kappa shape index (κ3) is 5.44. The molecule has 3 aliphatic heterocycles. The Morgan fingerprint density at radius 2 is 1.11 bits per heavy atom. The Kier molecular flexibility index (Phi) is 8.14.